The zero-order valence-corrected chi connectivity index (χ0v) is 20.1. The van der Waals surface area contributed by atoms with Crippen molar-refractivity contribution in [2.45, 2.75) is 33.3 Å². The van der Waals surface area contributed by atoms with E-state index in [9.17, 15) is 4.79 Å². The average molecular weight is 469 g/mol. The standard InChI is InChI=1S/C30H28O5/c1-4-6-22-15-24-27(17-26(22)34-18-21-9-7-20(5-2)8-10-21)35-19(3)29(30(24)31)23-11-12-25-28(16-23)33-14-13-32-25/h5,7-12,15-17H,2,4,6,13-14,18H2,1,3H3. The Bertz CT molecular complexity index is 1450. The third-order valence-corrected chi connectivity index (χ3v) is 6.21. The van der Waals surface area contributed by atoms with Crippen LogP contribution in [0.5, 0.6) is 17.2 Å². The zero-order chi connectivity index (χ0) is 24.4. The highest BCUT2D eigenvalue weighted by Crippen LogP contribution is 2.36. The highest BCUT2D eigenvalue weighted by Gasteiger charge is 2.19. The Morgan fingerprint density at radius 1 is 1.00 bits per heavy atom. The van der Waals surface area contributed by atoms with Crippen LogP contribution in [0, 0.1) is 6.92 Å². The molecule has 0 amide bonds. The van der Waals surface area contributed by atoms with Crippen LogP contribution in [0.25, 0.3) is 28.2 Å². The molecular weight excluding hydrogens is 440 g/mol. The van der Waals surface area contributed by atoms with Crippen LogP contribution in [-0.4, -0.2) is 13.2 Å². The predicted octanol–water partition coefficient (Wildman–Crippen LogP) is 6.71. The molecule has 0 radical (unpaired) electrons. The molecule has 2 heterocycles. The molecule has 0 unspecified atom stereocenters. The Balaban J connectivity index is 1.53. The van der Waals surface area contributed by atoms with Crippen molar-refractivity contribution in [3.63, 3.8) is 0 Å². The summed E-state index contributed by atoms with van der Waals surface area (Å²) in [7, 11) is 0. The van der Waals surface area contributed by atoms with Crippen molar-refractivity contribution >= 4 is 17.0 Å². The molecule has 178 valence electrons. The van der Waals surface area contributed by atoms with Crippen LogP contribution < -0.4 is 19.6 Å². The first kappa shape index (κ1) is 22.8. The molecule has 0 spiro atoms. The van der Waals surface area contributed by atoms with Crippen molar-refractivity contribution in [2.24, 2.45) is 0 Å². The van der Waals surface area contributed by atoms with Crippen molar-refractivity contribution in [1.82, 2.24) is 0 Å². The van der Waals surface area contributed by atoms with Gasteiger partial charge in [0.1, 0.15) is 36.9 Å². The maximum atomic E-state index is 13.6. The van der Waals surface area contributed by atoms with Crippen molar-refractivity contribution in [3.8, 4) is 28.4 Å². The third kappa shape index (κ3) is 4.54. The smallest absolute Gasteiger partial charge is 0.200 e. The predicted molar refractivity (Wildman–Crippen MR) is 139 cm³/mol. The Morgan fingerprint density at radius 3 is 2.51 bits per heavy atom. The summed E-state index contributed by atoms with van der Waals surface area (Å²) in [5.74, 6) is 2.62. The van der Waals surface area contributed by atoms with Gasteiger partial charge in [-0.1, -0.05) is 56.3 Å². The largest absolute Gasteiger partial charge is 0.488 e. The van der Waals surface area contributed by atoms with Crippen molar-refractivity contribution in [1.29, 1.82) is 0 Å². The minimum atomic E-state index is -0.0654. The topological polar surface area (TPSA) is 57.9 Å². The molecule has 0 atom stereocenters. The number of aryl methyl sites for hydroxylation is 2. The van der Waals surface area contributed by atoms with Gasteiger partial charge in [0.25, 0.3) is 0 Å². The van der Waals surface area contributed by atoms with E-state index in [2.05, 4.69) is 13.5 Å². The van der Waals surface area contributed by atoms with Crippen molar-refractivity contribution < 1.29 is 18.6 Å². The van der Waals surface area contributed by atoms with Gasteiger partial charge in [0, 0.05) is 6.07 Å². The minimum Gasteiger partial charge on any atom is -0.488 e. The number of rotatable bonds is 7. The molecular formula is C30H28O5. The molecule has 0 fully saturated rings. The van der Waals surface area contributed by atoms with Gasteiger partial charge < -0.3 is 18.6 Å². The molecule has 0 saturated carbocycles. The Labute approximate surface area is 204 Å². The molecule has 0 N–H and O–H groups in total. The molecule has 0 bridgehead atoms. The summed E-state index contributed by atoms with van der Waals surface area (Å²) in [6.07, 6.45) is 3.55. The van der Waals surface area contributed by atoms with E-state index in [0.717, 1.165) is 40.8 Å². The number of hydrogen-bond acceptors (Lipinski definition) is 5. The van der Waals surface area contributed by atoms with Gasteiger partial charge in [-0.15, -0.1) is 0 Å². The SMILES string of the molecule is C=Cc1ccc(COc2cc3oc(C)c(-c4ccc5c(c4)OCCO5)c(=O)c3cc2CCC)cc1. The molecule has 0 aliphatic carbocycles. The molecule has 1 aliphatic heterocycles. The van der Waals surface area contributed by atoms with Gasteiger partial charge in [-0.3, -0.25) is 4.79 Å². The van der Waals surface area contributed by atoms with Crippen LogP contribution in [0.2, 0.25) is 0 Å². The molecule has 0 saturated heterocycles. The average Bonchev–Trinajstić information content (AvgIpc) is 2.88. The highest BCUT2D eigenvalue weighted by atomic mass is 16.6. The number of hydrogen-bond donors (Lipinski definition) is 0. The van der Waals surface area contributed by atoms with Gasteiger partial charge in [0.05, 0.1) is 10.9 Å². The molecule has 1 aliphatic rings. The van der Waals surface area contributed by atoms with Gasteiger partial charge in [-0.25, -0.2) is 0 Å². The van der Waals surface area contributed by atoms with E-state index in [1.54, 1.807) is 0 Å². The summed E-state index contributed by atoms with van der Waals surface area (Å²) in [4.78, 5) is 13.6. The number of benzene rings is 3. The van der Waals surface area contributed by atoms with E-state index < -0.39 is 0 Å². The van der Waals surface area contributed by atoms with E-state index in [-0.39, 0.29) is 5.43 Å². The number of fused-ring (bicyclic) bond motifs is 2. The molecule has 5 nitrogen and oxygen atoms in total. The summed E-state index contributed by atoms with van der Waals surface area (Å²) in [5.41, 5.74) is 4.86. The second-order valence-electron chi connectivity index (χ2n) is 8.66. The van der Waals surface area contributed by atoms with E-state index in [0.29, 0.717) is 53.6 Å². The Hall–Kier alpha value is -3.99. The lowest BCUT2D eigenvalue weighted by Crippen LogP contribution is -2.15. The fraction of sp³-hybridized carbons (Fsp3) is 0.233. The highest BCUT2D eigenvalue weighted by molar-refractivity contribution is 5.85. The van der Waals surface area contributed by atoms with E-state index in [4.69, 9.17) is 18.6 Å². The lowest BCUT2D eigenvalue weighted by Gasteiger charge is -2.19. The van der Waals surface area contributed by atoms with Crippen LogP contribution in [0.4, 0.5) is 0 Å². The first-order chi connectivity index (χ1) is 17.1. The van der Waals surface area contributed by atoms with Crippen LogP contribution in [-0.2, 0) is 13.0 Å². The first-order valence-corrected chi connectivity index (χ1v) is 11.9. The van der Waals surface area contributed by atoms with E-state index in [1.807, 2.05) is 67.6 Å². The lowest BCUT2D eigenvalue weighted by atomic mass is 9.99. The van der Waals surface area contributed by atoms with Gasteiger partial charge >= 0.3 is 0 Å². The van der Waals surface area contributed by atoms with Crippen LogP contribution >= 0.6 is 0 Å². The van der Waals surface area contributed by atoms with E-state index in [1.165, 1.54) is 0 Å². The van der Waals surface area contributed by atoms with Gasteiger partial charge in [0.2, 0.25) is 5.43 Å². The lowest BCUT2D eigenvalue weighted by molar-refractivity contribution is 0.171. The summed E-state index contributed by atoms with van der Waals surface area (Å²) in [6.45, 7) is 9.16. The monoisotopic (exact) mass is 468 g/mol. The first-order valence-electron chi connectivity index (χ1n) is 11.9. The van der Waals surface area contributed by atoms with Gasteiger partial charge in [-0.05, 0) is 53.8 Å². The van der Waals surface area contributed by atoms with E-state index >= 15 is 0 Å². The fourth-order valence-corrected chi connectivity index (χ4v) is 4.42. The molecule has 4 aromatic rings. The van der Waals surface area contributed by atoms with Gasteiger partial charge in [-0.2, -0.15) is 0 Å². The summed E-state index contributed by atoms with van der Waals surface area (Å²) in [5, 5.41) is 0.548. The molecule has 5 rings (SSSR count). The number of ether oxygens (including phenoxy) is 3. The van der Waals surface area contributed by atoms with Crippen LogP contribution in [0.1, 0.15) is 35.8 Å². The van der Waals surface area contributed by atoms with Gasteiger partial charge in [0.15, 0.2) is 11.5 Å². The maximum Gasteiger partial charge on any atom is 0.200 e. The molecule has 1 aromatic heterocycles. The Kier molecular flexibility index (Phi) is 6.32. The summed E-state index contributed by atoms with van der Waals surface area (Å²) < 4.78 is 23.7. The molecule has 5 heteroatoms. The quantitative estimate of drug-likeness (QED) is 0.302. The summed E-state index contributed by atoms with van der Waals surface area (Å²) in [6, 6.07) is 17.4. The Morgan fingerprint density at radius 2 is 1.77 bits per heavy atom. The fourth-order valence-electron chi connectivity index (χ4n) is 4.42. The van der Waals surface area contributed by atoms with Crippen LogP contribution in [0.3, 0.4) is 0 Å². The second-order valence-corrected chi connectivity index (χ2v) is 8.66. The summed E-state index contributed by atoms with van der Waals surface area (Å²) >= 11 is 0. The van der Waals surface area contributed by atoms with Crippen molar-refractivity contribution in [2.75, 3.05) is 13.2 Å². The third-order valence-electron chi connectivity index (χ3n) is 6.21. The zero-order valence-electron chi connectivity index (χ0n) is 20.1. The van der Waals surface area contributed by atoms with Crippen molar-refractivity contribution in [3.05, 3.63) is 93.9 Å². The second kappa shape index (κ2) is 9.71. The molecule has 35 heavy (non-hydrogen) atoms. The minimum absolute atomic E-state index is 0.0654. The molecule has 3 aromatic carbocycles. The maximum absolute atomic E-state index is 13.6. The normalized spacial score (nSPS) is 12.5. The van der Waals surface area contributed by atoms with Crippen LogP contribution in [0.15, 0.2) is 70.4 Å².